The van der Waals surface area contributed by atoms with Gasteiger partial charge >= 0.3 is 6.18 Å². The van der Waals surface area contributed by atoms with Gasteiger partial charge in [0.05, 0.1) is 24.2 Å². The van der Waals surface area contributed by atoms with Crippen molar-refractivity contribution >= 4 is 16.8 Å². The molecule has 26 heavy (non-hydrogen) atoms. The standard InChI is InChI=1S/C18H20F3N3O2/c19-18(20,21)13-6-2-3-7-14(13)23-17(26)9-10-24-15-8-4-1-5-12(15)16(25)11-22-24/h1,4-5,8,11,13-14H,2-3,6-7,9-10H2,(H,23,26)/t13-,14-/m1/s1. The van der Waals surface area contributed by atoms with E-state index in [2.05, 4.69) is 10.4 Å². The number of carbonyl (C=O) groups is 1. The minimum atomic E-state index is -4.30. The van der Waals surface area contributed by atoms with Crippen LogP contribution in [0.4, 0.5) is 13.2 Å². The molecule has 0 aliphatic heterocycles. The summed E-state index contributed by atoms with van der Waals surface area (Å²) in [5.41, 5.74) is 0.384. The molecule has 140 valence electrons. The molecule has 1 amide bonds. The lowest BCUT2D eigenvalue weighted by atomic mass is 9.84. The molecule has 0 bridgehead atoms. The van der Waals surface area contributed by atoms with Gasteiger partial charge < -0.3 is 5.32 Å². The number of halogens is 3. The topological polar surface area (TPSA) is 64.0 Å². The maximum absolute atomic E-state index is 13.1. The Balaban J connectivity index is 1.66. The van der Waals surface area contributed by atoms with E-state index in [4.69, 9.17) is 0 Å². The monoisotopic (exact) mass is 367 g/mol. The predicted molar refractivity (Wildman–Crippen MR) is 90.6 cm³/mol. The van der Waals surface area contributed by atoms with Gasteiger partial charge in [-0.3, -0.25) is 14.3 Å². The fraction of sp³-hybridized carbons (Fsp3) is 0.500. The third-order valence-electron chi connectivity index (χ3n) is 4.85. The summed E-state index contributed by atoms with van der Waals surface area (Å²) in [6.07, 6.45) is -1.50. The SMILES string of the molecule is O=C(CCn1ncc(=O)c2ccccc21)N[C@@H]1CCCC[C@H]1C(F)(F)F. The summed E-state index contributed by atoms with van der Waals surface area (Å²) in [4.78, 5) is 24.0. The van der Waals surface area contributed by atoms with Gasteiger partial charge in [0.25, 0.3) is 0 Å². The number of amides is 1. The van der Waals surface area contributed by atoms with E-state index in [9.17, 15) is 22.8 Å². The minimum Gasteiger partial charge on any atom is -0.353 e. The van der Waals surface area contributed by atoms with Gasteiger partial charge in [-0.25, -0.2) is 0 Å². The molecule has 1 N–H and O–H groups in total. The van der Waals surface area contributed by atoms with E-state index in [0.717, 1.165) is 0 Å². The van der Waals surface area contributed by atoms with Gasteiger partial charge in [0.1, 0.15) is 0 Å². The molecule has 1 saturated carbocycles. The van der Waals surface area contributed by atoms with Crippen molar-refractivity contribution in [2.45, 2.75) is 50.9 Å². The Morgan fingerprint density at radius 1 is 1.23 bits per heavy atom. The maximum atomic E-state index is 13.1. The van der Waals surface area contributed by atoms with Crippen molar-refractivity contribution in [3.8, 4) is 0 Å². The Bertz CT molecular complexity index is 847. The lowest BCUT2D eigenvalue weighted by Crippen LogP contribution is -2.47. The first-order chi connectivity index (χ1) is 12.4. The summed E-state index contributed by atoms with van der Waals surface area (Å²) in [7, 11) is 0. The van der Waals surface area contributed by atoms with Gasteiger partial charge in [-0.05, 0) is 25.0 Å². The van der Waals surface area contributed by atoms with E-state index < -0.39 is 24.0 Å². The average Bonchev–Trinajstić information content (AvgIpc) is 2.61. The number of aromatic nitrogens is 2. The van der Waals surface area contributed by atoms with Crippen LogP contribution in [0.2, 0.25) is 0 Å². The lowest BCUT2D eigenvalue weighted by Gasteiger charge is -2.33. The van der Waals surface area contributed by atoms with E-state index in [1.165, 1.54) is 10.9 Å². The molecule has 1 heterocycles. The Hall–Kier alpha value is -2.38. The number of nitrogens with zero attached hydrogens (tertiary/aromatic N) is 2. The molecule has 1 aromatic heterocycles. The summed E-state index contributed by atoms with van der Waals surface area (Å²) in [5.74, 6) is -1.91. The first kappa shape index (κ1) is 18.4. The van der Waals surface area contributed by atoms with Crippen LogP contribution in [0.15, 0.2) is 35.3 Å². The number of hydrogen-bond donors (Lipinski definition) is 1. The zero-order chi connectivity index (χ0) is 18.7. The highest BCUT2D eigenvalue weighted by Crippen LogP contribution is 2.37. The van der Waals surface area contributed by atoms with Crippen LogP contribution in [0.5, 0.6) is 0 Å². The molecule has 0 spiro atoms. The Morgan fingerprint density at radius 3 is 2.73 bits per heavy atom. The second-order valence-electron chi connectivity index (χ2n) is 6.61. The van der Waals surface area contributed by atoms with Gasteiger partial charge in [-0.2, -0.15) is 18.3 Å². The summed E-state index contributed by atoms with van der Waals surface area (Å²) in [6.45, 7) is 0.191. The number of fused-ring (bicyclic) bond motifs is 1. The normalized spacial score (nSPS) is 20.9. The van der Waals surface area contributed by atoms with E-state index in [0.29, 0.717) is 30.2 Å². The van der Waals surface area contributed by atoms with Gasteiger partial charge in [0.15, 0.2) is 0 Å². The molecule has 2 aromatic rings. The van der Waals surface area contributed by atoms with Crippen molar-refractivity contribution in [1.29, 1.82) is 0 Å². The highest BCUT2D eigenvalue weighted by Gasteiger charge is 2.45. The van der Waals surface area contributed by atoms with Gasteiger partial charge in [-0.15, -0.1) is 0 Å². The summed E-state index contributed by atoms with van der Waals surface area (Å²) < 4.78 is 40.9. The summed E-state index contributed by atoms with van der Waals surface area (Å²) in [6, 6.07) is 6.03. The number of para-hydroxylation sites is 1. The first-order valence-electron chi connectivity index (χ1n) is 8.67. The second-order valence-corrected chi connectivity index (χ2v) is 6.61. The smallest absolute Gasteiger partial charge is 0.353 e. The molecule has 8 heteroatoms. The maximum Gasteiger partial charge on any atom is 0.393 e. The third-order valence-corrected chi connectivity index (χ3v) is 4.85. The van der Waals surface area contributed by atoms with Gasteiger partial charge in [0.2, 0.25) is 11.3 Å². The molecule has 0 radical (unpaired) electrons. The van der Waals surface area contributed by atoms with E-state index in [1.807, 2.05) is 0 Å². The van der Waals surface area contributed by atoms with Crippen molar-refractivity contribution in [3.63, 3.8) is 0 Å². The molecule has 0 saturated heterocycles. The van der Waals surface area contributed by atoms with Crippen molar-refractivity contribution in [2.75, 3.05) is 0 Å². The molecular formula is C18H20F3N3O2. The molecule has 5 nitrogen and oxygen atoms in total. The Kier molecular flexibility index (Phi) is 5.29. The largest absolute Gasteiger partial charge is 0.393 e. The summed E-state index contributed by atoms with van der Waals surface area (Å²) in [5, 5.41) is 7.06. The van der Waals surface area contributed by atoms with Gasteiger partial charge in [-0.1, -0.05) is 25.0 Å². The molecule has 1 aromatic carbocycles. The van der Waals surface area contributed by atoms with E-state index in [1.54, 1.807) is 24.3 Å². The molecule has 0 unspecified atom stereocenters. The molecule has 2 atom stereocenters. The zero-order valence-electron chi connectivity index (χ0n) is 14.1. The molecule has 1 fully saturated rings. The quantitative estimate of drug-likeness (QED) is 0.904. The fourth-order valence-corrected chi connectivity index (χ4v) is 3.52. The van der Waals surface area contributed by atoms with E-state index >= 15 is 0 Å². The minimum absolute atomic E-state index is 0.000934. The Labute approximate surface area is 148 Å². The molecular weight excluding hydrogens is 347 g/mol. The third kappa shape index (κ3) is 4.05. The van der Waals surface area contributed by atoms with Crippen molar-refractivity contribution in [2.24, 2.45) is 5.92 Å². The van der Waals surface area contributed by atoms with Crippen LogP contribution in [0.25, 0.3) is 10.9 Å². The number of aryl methyl sites for hydroxylation is 1. The molecule has 1 aliphatic carbocycles. The fourth-order valence-electron chi connectivity index (χ4n) is 3.52. The van der Waals surface area contributed by atoms with Crippen molar-refractivity contribution < 1.29 is 18.0 Å². The number of carbonyl (C=O) groups excluding carboxylic acids is 1. The van der Waals surface area contributed by atoms with Crippen LogP contribution in [-0.4, -0.2) is 27.9 Å². The molecule has 1 aliphatic rings. The highest BCUT2D eigenvalue weighted by molar-refractivity contribution is 5.79. The molecule has 3 rings (SSSR count). The van der Waals surface area contributed by atoms with Crippen LogP contribution in [-0.2, 0) is 11.3 Å². The average molecular weight is 367 g/mol. The second kappa shape index (κ2) is 7.47. The van der Waals surface area contributed by atoms with E-state index in [-0.39, 0.29) is 24.8 Å². The van der Waals surface area contributed by atoms with Crippen molar-refractivity contribution in [3.05, 3.63) is 40.7 Å². The van der Waals surface area contributed by atoms with Crippen molar-refractivity contribution in [1.82, 2.24) is 15.1 Å². The van der Waals surface area contributed by atoms with Crippen LogP contribution >= 0.6 is 0 Å². The first-order valence-corrected chi connectivity index (χ1v) is 8.67. The summed E-state index contributed by atoms with van der Waals surface area (Å²) >= 11 is 0. The van der Waals surface area contributed by atoms with Crippen LogP contribution < -0.4 is 10.7 Å². The van der Waals surface area contributed by atoms with Crippen LogP contribution in [0.3, 0.4) is 0 Å². The van der Waals surface area contributed by atoms with Gasteiger partial charge in [0, 0.05) is 17.8 Å². The number of nitrogens with one attached hydrogen (secondary N) is 1. The number of alkyl halides is 3. The zero-order valence-corrected chi connectivity index (χ0v) is 14.1. The lowest BCUT2D eigenvalue weighted by molar-refractivity contribution is -0.189. The number of benzene rings is 1. The number of hydrogen-bond acceptors (Lipinski definition) is 3. The van der Waals surface area contributed by atoms with Crippen LogP contribution in [0.1, 0.15) is 32.1 Å². The predicted octanol–water partition coefficient (Wildman–Crippen LogP) is 3.02. The number of rotatable bonds is 4. The van der Waals surface area contributed by atoms with Crippen LogP contribution in [0, 0.1) is 5.92 Å². The highest BCUT2D eigenvalue weighted by atomic mass is 19.4. The Morgan fingerprint density at radius 2 is 1.96 bits per heavy atom.